The third kappa shape index (κ3) is 4.41. The maximum Gasteiger partial charge on any atom is 0.303 e. The summed E-state index contributed by atoms with van der Waals surface area (Å²) in [4.78, 5) is 23.8. The highest BCUT2D eigenvalue weighted by molar-refractivity contribution is 5.91. The van der Waals surface area contributed by atoms with Crippen LogP contribution in [0.1, 0.15) is 19.8 Å². The van der Waals surface area contributed by atoms with Gasteiger partial charge in [-0.25, -0.2) is 0 Å². The third-order valence-electron chi connectivity index (χ3n) is 2.86. The molecule has 21 heavy (non-hydrogen) atoms. The number of rotatable bonds is 6. The molecule has 1 aromatic heterocycles. The van der Waals surface area contributed by atoms with Gasteiger partial charge in [0.15, 0.2) is 0 Å². The molecule has 2 aromatic rings. The fraction of sp³-hybridized carbons (Fsp3) is 0.286. The van der Waals surface area contributed by atoms with Crippen LogP contribution in [0.3, 0.4) is 0 Å². The summed E-state index contributed by atoms with van der Waals surface area (Å²) in [6.07, 6.45) is 3.32. The van der Waals surface area contributed by atoms with Crippen molar-refractivity contribution in [2.45, 2.75) is 19.8 Å². The Morgan fingerprint density at radius 1 is 1.19 bits per heavy atom. The van der Waals surface area contributed by atoms with Gasteiger partial charge in [0.25, 0.3) is 0 Å². The molecule has 1 unspecified atom stereocenters. The van der Waals surface area contributed by atoms with Crippen molar-refractivity contribution in [3.05, 3.63) is 36.7 Å². The number of aliphatic carboxylic acids is 1. The molecule has 1 atom stereocenters. The lowest BCUT2D eigenvalue weighted by atomic mass is 10.0. The molecule has 0 bridgehead atoms. The van der Waals surface area contributed by atoms with Gasteiger partial charge in [-0.3, -0.25) is 9.59 Å². The molecule has 0 radical (unpaired) electrons. The standard InChI is InChI=1S/C14H16N4O3/c1-10(9-14(20)21)8-13(19)17-11-2-4-12(5-3-11)18-15-6-7-16-18/h2-7,10H,8-9H2,1H3,(H,17,19)(H,20,21). The second-order valence-electron chi connectivity index (χ2n) is 4.82. The van der Waals surface area contributed by atoms with E-state index >= 15 is 0 Å². The van der Waals surface area contributed by atoms with E-state index in [2.05, 4.69) is 15.5 Å². The summed E-state index contributed by atoms with van der Waals surface area (Å²) in [5.41, 5.74) is 1.44. The van der Waals surface area contributed by atoms with Crippen LogP contribution in [-0.2, 0) is 9.59 Å². The van der Waals surface area contributed by atoms with E-state index in [0.717, 1.165) is 5.69 Å². The SMILES string of the molecule is CC(CC(=O)O)CC(=O)Nc1ccc(-n2nccn2)cc1. The molecule has 0 fully saturated rings. The number of carboxylic acids is 1. The molecule has 0 aliphatic rings. The van der Waals surface area contributed by atoms with E-state index in [1.807, 2.05) is 0 Å². The van der Waals surface area contributed by atoms with Gasteiger partial charge in [0.1, 0.15) is 0 Å². The summed E-state index contributed by atoms with van der Waals surface area (Å²) in [5, 5.41) is 19.4. The molecule has 0 saturated heterocycles. The largest absolute Gasteiger partial charge is 0.481 e. The molecule has 1 amide bonds. The molecular formula is C14H16N4O3. The van der Waals surface area contributed by atoms with E-state index in [1.165, 1.54) is 4.80 Å². The van der Waals surface area contributed by atoms with Gasteiger partial charge in [-0.15, -0.1) is 0 Å². The van der Waals surface area contributed by atoms with Gasteiger partial charge in [0.05, 0.1) is 18.1 Å². The molecule has 0 spiro atoms. The van der Waals surface area contributed by atoms with Crippen LogP contribution in [0.15, 0.2) is 36.7 Å². The van der Waals surface area contributed by atoms with Crippen LogP contribution in [0.2, 0.25) is 0 Å². The lowest BCUT2D eigenvalue weighted by Gasteiger charge is -2.09. The normalized spacial score (nSPS) is 11.9. The number of nitrogens with one attached hydrogen (secondary N) is 1. The number of nitrogens with zero attached hydrogens (tertiary/aromatic N) is 3. The van der Waals surface area contributed by atoms with E-state index in [9.17, 15) is 9.59 Å². The van der Waals surface area contributed by atoms with Gasteiger partial charge in [-0.05, 0) is 30.2 Å². The Balaban J connectivity index is 1.91. The number of carbonyl (C=O) groups excluding carboxylic acids is 1. The highest BCUT2D eigenvalue weighted by atomic mass is 16.4. The Labute approximate surface area is 121 Å². The molecule has 110 valence electrons. The lowest BCUT2D eigenvalue weighted by Crippen LogP contribution is -2.17. The van der Waals surface area contributed by atoms with Crippen molar-refractivity contribution in [2.24, 2.45) is 5.92 Å². The Kier molecular flexibility index (Phi) is 4.65. The number of amides is 1. The summed E-state index contributed by atoms with van der Waals surface area (Å²) >= 11 is 0. The molecule has 2 N–H and O–H groups in total. The number of hydrogen-bond acceptors (Lipinski definition) is 4. The van der Waals surface area contributed by atoms with E-state index in [1.54, 1.807) is 43.6 Å². The number of benzene rings is 1. The number of hydrogen-bond donors (Lipinski definition) is 2. The predicted octanol–water partition coefficient (Wildman–Crippen LogP) is 1.71. The molecule has 0 saturated carbocycles. The van der Waals surface area contributed by atoms with Crippen molar-refractivity contribution >= 4 is 17.6 Å². The zero-order valence-corrected chi connectivity index (χ0v) is 11.6. The van der Waals surface area contributed by atoms with Crippen molar-refractivity contribution in [2.75, 3.05) is 5.32 Å². The molecule has 7 nitrogen and oxygen atoms in total. The van der Waals surface area contributed by atoms with Gasteiger partial charge >= 0.3 is 5.97 Å². The van der Waals surface area contributed by atoms with Crippen LogP contribution >= 0.6 is 0 Å². The monoisotopic (exact) mass is 288 g/mol. The third-order valence-corrected chi connectivity index (χ3v) is 2.86. The summed E-state index contributed by atoms with van der Waals surface area (Å²) < 4.78 is 0. The molecule has 2 rings (SSSR count). The lowest BCUT2D eigenvalue weighted by molar-refractivity contribution is -0.138. The first-order valence-electron chi connectivity index (χ1n) is 6.53. The maximum atomic E-state index is 11.8. The fourth-order valence-electron chi connectivity index (χ4n) is 1.93. The van der Waals surface area contributed by atoms with Gasteiger partial charge < -0.3 is 10.4 Å². The fourth-order valence-corrected chi connectivity index (χ4v) is 1.93. The van der Waals surface area contributed by atoms with Crippen LogP contribution in [0, 0.1) is 5.92 Å². The van der Waals surface area contributed by atoms with Crippen molar-refractivity contribution in [3.8, 4) is 5.69 Å². The Hall–Kier alpha value is -2.70. The smallest absolute Gasteiger partial charge is 0.303 e. The van der Waals surface area contributed by atoms with Gasteiger partial charge in [0, 0.05) is 18.5 Å². The summed E-state index contributed by atoms with van der Waals surface area (Å²) in [6.45, 7) is 1.74. The van der Waals surface area contributed by atoms with Crippen LogP contribution in [0.4, 0.5) is 5.69 Å². The minimum atomic E-state index is -0.897. The summed E-state index contributed by atoms with van der Waals surface area (Å²) in [7, 11) is 0. The summed E-state index contributed by atoms with van der Waals surface area (Å²) in [6, 6.07) is 7.07. The maximum absolute atomic E-state index is 11.8. The van der Waals surface area contributed by atoms with E-state index < -0.39 is 5.97 Å². The van der Waals surface area contributed by atoms with Crippen LogP contribution in [0.25, 0.3) is 5.69 Å². The first-order chi connectivity index (χ1) is 10.0. The van der Waals surface area contributed by atoms with Gasteiger partial charge in [-0.2, -0.15) is 15.0 Å². The molecule has 0 aliphatic heterocycles. The number of carboxylic acid groups (broad SMARTS) is 1. The van der Waals surface area contributed by atoms with E-state index in [-0.39, 0.29) is 24.7 Å². The van der Waals surface area contributed by atoms with Crippen LogP contribution in [0.5, 0.6) is 0 Å². The van der Waals surface area contributed by atoms with Crippen LogP contribution in [-0.4, -0.2) is 32.0 Å². The highest BCUT2D eigenvalue weighted by Gasteiger charge is 2.12. The molecule has 1 heterocycles. The Bertz CT molecular complexity index is 608. The van der Waals surface area contributed by atoms with Gasteiger partial charge in [-0.1, -0.05) is 6.92 Å². The highest BCUT2D eigenvalue weighted by Crippen LogP contribution is 2.14. The van der Waals surface area contributed by atoms with Crippen molar-refractivity contribution in [1.82, 2.24) is 15.0 Å². The Morgan fingerprint density at radius 2 is 1.81 bits per heavy atom. The number of anilines is 1. The molecule has 7 heteroatoms. The molecule has 1 aromatic carbocycles. The second-order valence-corrected chi connectivity index (χ2v) is 4.82. The quantitative estimate of drug-likeness (QED) is 0.843. The molecule has 0 aliphatic carbocycles. The minimum Gasteiger partial charge on any atom is -0.481 e. The van der Waals surface area contributed by atoms with Crippen LogP contribution < -0.4 is 5.32 Å². The number of aromatic nitrogens is 3. The van der Waals surface area contributed by atoms with Crippen molar-refractivity contribution < 1.29 is 14.7 Å². The van der Waals surface area contributed by atoms with Crippen molar-refractivity contribution in [1.29, 1.82) is 0 Å². The topological polar surface area (TPSA) is 97.1 Å². The zero-order valence-electron chi connectivity index (χ0n) is 11.6. The summed E-state index contributed by atoms with van der Waals surface area (Å²) in [5.74, 6) is -1.30. The predicted molar refractivity (Wildman–Crippen MR) is 76.0 cm³/mol. The average Bonchev–Trinajstić information content (AvgIpc) is 2.92. The first kappa shape index (κ1) is 14.7. The van der Waals surface area contributed by atoms with Gasteiger partial charge in [0.2, 0.25) is 5.91 Å². The number of carbonyl (C=O) groups is 2. The Morgan fingerprint density at radius 3 is 2.38 bits per heavy atom. The first-order valence-corrected chi connectivity index (χ1v) is 6.53. The average molecular weight is 288 g/mol. The second kappa shape index (κ2) is 6.65. The molecular weight excluding hydrogens is 272 g/mol. The zero-order chi connectivity index (χ0) is 15.2. The van der Waals surface area contributed by atoms with E-state index in [4.69, 9.17) is 5.11 Å². The van der Waals surface area contributed by atoms with Crippen molar-refractivity contribution in [3.63, 3.8) is 0 Å². The minimum absolute atomic E-state index is 0.0165. The van der Waals surface area contributed by atoms with E-state index in [0.29, 0.717) is 5.69 Å².